The Hall–Kier alpha value is -2.62. The normalized spacial score (nSPS) is 23.9. The number of phenolic OH excluding ortho intramolecular Hbond substituents is 1. The third-order valence-corrected chi connectivity index (χ3v) is 3.96. The van der Waals surface area contributed by atoms with Gasteiger partial charge in [-0.15, -0.1) is 0 Å². The van der Waals surface area contributed by atoms with Crippen LogP contribution in [-0.2, 0) is 0 Å². The molecule has 2 heterocycles. The van der Waals surface area contributed by atoms with Gasteiger partial charge in [0.05, 0.1) is 0 Å². The molecule has 0 radical (unpaired) electrons. The first-order chi connectivity index (χ1) is 10.2. The number of phenols is 1. The van der Waals surface area contributed by atoms with Gasteiger partial charge in [0.1, 0.15) is 11.3 Å². The molecule has 0 spiro atoms. The van der Waals surface area contributed by atoms with Crippen LogP contribution < -0.4 is 0 Å². The zero-order valence-electron chi connectivity index (χ0n) is 11.5. The first-order valence-corrected chi connectivity index (χ1v) is 6.95. The van der Waals surface area contributed by atoms with E-state index in [1.807, 2.05) is 18.2 Å². The van der Waals surface area contributed by atoms with Crippen LogP contribution in [0.5, 0.6) is 5.75 Å². The highest BCUT2D eigenvalue weighted by Crippen LogP contribution is 2.40. The number of nitrogens with zero attached hydrogens (tertiary/aromatic N) is 2. The van der Waals surface area contributed by atoms with Crippen molar-refractivity contribution in [1.82, 2.24) is 4.98 Å². The fourth-order valence-corrected chi connectivity index (χ4v) is 2.93. The Bertz CT molecular complexity index is 840. The van der Waals surface area contributed by atoms with Gasteiger partial charge in [-0.3, -0.25) is 4.99 Å². The van der Waals surface area contributed by atoms with E-state index in [0.717, 1.165) is 16.8 Å². The topological polar surface area (TPSA) is 58.6 Å². The number of fused-ring (bicyclic) bond motifs is 2. The third-order valence-electron chi connectivity index (χ3n) is 3.96. The van der Waals surface area contributed by atoms with Gasteiger partial charge in [0.15, 0.2) is 5.58 Å². The van der Waals surface area contributed by atoms with Crippen molar-refractivity contribution in [1.29, 1.82) is 0 Å². The molecule has 0 amide bonds. The van der Waals surface area contributed by atoms with Gasteiger partial charge < -0.3 is 9.52 Å². The number of benzene rings is 1. The lowest BCUT2D eigenvalue weighted by molar-refractivity contribution is 0.474. The first-order valence-electron chi connectivity index (χ1n) is 6.95. The van der Waals surface area contributed by atoms with E-state index < -0.39 is 0 Å². The van der Waals surface area contributed by atoms with Gasteiger partial charge in [0.25, 0.3) is 0 Å². The minimum absolute atomic E-state index is 0.168. The molecular formula is C17H14N2O2. The largest absolute Gasteiger partial charge is 0.508 e. The molecule has 1 aliphatic heterocycles. The average molecular weight is 278 g/mol. The molecule has 0 saturated carbocycles. The maximum Gasteiger partial charge on any atom is 0.223 e. The van der Waals surface area contributed by atoms with Crippen LogP contribution in [0.25, 0.3) is 16.7 Å². The molecule has 0 saturated heterocycles. The molecule has 2 aliphatic rings. The number of dihydropyridines is 1. The minimum Gasteiger partial charge on any atom is -0.508 e. The van der Waals surface area contributed by atoms with Crippen LogP contribution >= 0.6 is 0 Å². The second kappa shape index (κ2) is 4.45. The van der Waals surface area contributed by atoms with E-state index in [9.17, 15) is 5.11 Å². The molecule has 4 heteroatoms. The van der Waals surface area contributed by atoms with Crippen molar-refractivity contribution in [3.05, 3.63) is 54.1 Å². The molecule has 104 valence electrons. The fraction of sp³-hybridized carbons (Fsp3) is 0.176. The van der Waals surface area contributed by atoms with E-state index in [-0.39, 0.29) is 11.7 Å². The zero-order chi connectivity index (χ0) is 14.4. The van der Waals surface area contributed by atoms with E-state index in [4.69, 9.17) is 4.42 Å². The molecule has 2 atom stereocenters. The lowest BCUT2D eigenvalue weighted by Crippen LogP contribution is -2.18. The van der Waals surface area contributed by atoms with Crippen molar-refractivity contribution < 1.29 is 9.52 Å². The molecule has 0 fully saturated rings. The monoisotopic (exact) mass is 278 g/mol. The van der Waals surface area contributed by atoms with Crippen LogP contribution in [0, 0.1) is 11.8 Å². The molecule has 1 aromatic heterocycles. The van der Waals surface area contributed by atoms with Crippen LogP contribution in [0.4, 0.5) is 0 Å². The summed E-state index contributed by atoms with van der Waals surface area (Å²) in [6.07, 6.45) is 9.99. The zero-order valence-corrected chi connectivity index (χ0v) is 11.5. The number of aliphatic imine (C=N–C) groups is 1. The lowest BCUT2D eigenvalue weighted by Gasteiger charge is -2.27. The molecule has 4 nitrogen and oxygen atoms in total. The van der Waals surface area contributed by atoms with Crippen LogP contribution in [-0.4, -0.2) is 16.3 Å². The van der Waals surface area contributed by atoms with Gasteiger partial charge >= 0.3 is 0 Å². The predicted molar refractivity (Wildman–Crippen MR) is 82.0 cm³/mol. The summed E-state index contributed by atoms with van der Waals surface area (Å²) in [5.41, 5.74) is 3.41. The molecular weight excluding hydrogens is 264 g/mol. The van der Waals surface area contributed by atoms with E-state index in [2.05, 4.69) is 23.0 Å². The van der Waals surface area contributed by atoms with Crippen LogP contribution in [0.1, 0.15) is 12.8 Å². The predicted octanol–water partition coefficient (Wildman–Crippen LogP) is 3.71. The molecule has 0 bridgehead atoms. The fourth-order valence-electron chi connectivity index (χ4n) is 2.93. The van der Waals surface area contributed by atoms with Crippen molar-refractivity contribution in [2.75, 3.05) is 0 Å². The highest BCUT2D eigenvalue weighted by molar-refractivity contribution is 5.89. The third kappa shape index (κ3) is 1.91. The van der Waals surface area contributed by atoms with Gasteiger partial charge in [-0.1, -0.05) is 19.1 Å². The first kappa shape index (κ1) is 12.1. The highest BCUT2D eigenvalue weighted by atomic mass is 16.3. The summed E-state index contributed by atoms with van der Waals surface area (Å²) in [6.45, 7) is 2.16. The van der Waals surface area contributed by atoms with Gasteiger partial charge in [0, 0.05) is 29.5 Å². The van der Waals surface area contributed by atoms with Gasteiger partial charge in [0.2, 0.25) is 5.89 Å². The molecule has 1 aromatic carbocycles. The van der Waals surface area contributed by atoms with Gasteiger partial charge in [-0.2, -0.15) is 0 Å². The van der Waals surface area contributed by atoms with Crippen molar-refractivity contribution in [2.24, 2.45) is 16.8 Å². The molecule has 4 rings (SSSR count). The standard InChI is InChI=1S/C17H14N2O2/c1-10-3-2-4-14-16(10)12(7-8-18-14)17-19-13-6-5-11(20)9-15(13)21-17/h2-10,16,20H,1H3. The van der Waals surface area contributed by atoms with E-state index in [1.54, 1.807) is 24.4 Å². The van der Waals surface area contributed by atoms with Crippen LogP contribution in [0.15, 0.2) is 57.6 Å². The van der Waals surface area contributed by atoms with E-state index in [0.29, 0.717) is 17.4 Å². The Labute approximate surface area is 121 Å². The minimum atomic E-state index is 0.168. The number of oxazole rings is 1. The number of allylic oxidation sites excluding steroid dienone is 5. The Kier molecular flexibility index (Phi) is 2.57. The number of aromatic hydroxyl groups is 1. The van der Waals surface area contributed by atoms with E-state index >= 15 is 0 Å². The Morgan fingerprint density at radius 2 is 2.14 bits per heavy atom. The summed E-state index contributed by atoms with van der Waals surface area (Å²) in [5.74, 6) is 1.29. The summed E-state index contributed by atoms with van der Waals surface area (Å²) in [7, 11) is 0. The van der Waals surface area contributed by atoms with Crippen molar-refractivity contribution in [3.8, 4) is 5.75 Å². The second-order valence-electron chi connectivity index (χ2n) is 5.38. The molecule has 1 N–H and O–H groups in total. The SMILES string of the molecule is CC1C=CC=C2N=CC=C(c3nc4ccc(O)cc4o3)C21. The van der Waals surface area contributed by atoms with Gasteiger partial charge in [-0.25, -0.2) is 4.98 Å². The Morgan fingerprint density at radius 1 is 1.24 bits per heavy atom. The highest BCUT2D eigenvalue weighted by Gasteiger charge is 2.30. The number of hydrogen-bond donors (Lipinski definition) is 1. The Balaban J connectivity index is 1.84. The number of rotatable bonds is 1. The summed E-state index contributed by atoms with van der Waals surface area (Å²) in [6, 6.07) is 4.96. The van der Waals surface area contributed by atoms with Crippen molar-refractivity contribution in [2.45, 2.75) is 6.92 Å². The number of aromatic nitrogens is 1. The maximum atomic E-state index is 9.54. The Morgan fingerprint density at radius 3 is 3.05 bits per heavy atom. The summed E-state index contributed by atoms with van der Waals surface area (Å²) < 4.78 is 5.83. The van der Waals surface area contributed by atoms with Crippen LogP contribution in [0.3, 0.4) is 0 Å². The number of hydrogen-bond acceptors (Lipinski definition) is 4. The molecule has 2 aromatic rings. The van der Waals surface area contributed by atoms with Crippen molar-refractivity contribution in [3.63, 3.8) is 0 Å². The van der Waals surface area contributed by atoms with Crippen LogP contribution in [0.2, 0.25) is 0 Å². The lowest BCUT2D eigenvalue weighted by atomic mass is 9.80. The second-order valence-corrected chi connectivity index (χ2v) is 5.38. The molecule has 1 aliphatic carbocycles. The van der Waals surface area contributed by atoms with E-state index in [1.165, 1.54) is 0 Å². The smallest absolute Gasteiger partial charge is 0.223 e. The molecule has 21 heavy (non-hydrogen) atoms. The summed E-state index contributed by atoms with van der Waals surface area (Å²) >= 11 is 0. The van der Waals surface area contributed by atoms with Gasteiger partial charge in [-0.05, 0) is 30.2 Å². The summed E-state index contributed by atoms with van der Waals surface area (Å²) in [5, 5.41) is 9.54. The van der Waals surface area contributed by atoms with Crippen molar-refractivity contribution >= 4 is 22.9 Å². The quantitative estimate of drug-likeness (QED) is 0.865. The maximum absolute atomic E-state index is 9.54. The summed E-state index contributed by atoms with van der Waals surface area (Å²) in [4.78, 5) is 8.99. The average Bonchev–Trinajstić information content (AvgIpc) is 2.90. The molecule has 2 unspecified atom stereocenters.